The smallest absolute Gasteiger partial charge is 0.339 e. The van der Waals surface area contributed by atoms with Gasteiger partial charge in [0.2, 0.25) is 0 Å². The van der Waals surface area contributed by atoms with E-state index < -0.39 is 5.97 Å². The topological polar surface area (TPSA) is 83.3 Å². The molecule has 0 unspecified atom stereocenters. The Kier molecular flexibility index (Phi) is 4.17. The highest BCUT2D eigenvalue weighted by molar-refractivity contribution is 5.95. The lowest BCUT2D eigenvalue weighted by atomic mass is 9.96. The fourth-order valence-electron chi connectivity index (χ4n) is 3.47. The maximum atomic E-state index is 11.8. The van der Waals surface area contributed by atoms with Gasteiger partial charge in [0.05, 0.1) is 6.20 Å². The van der Waals surface area contributed by atoms with Crippen LogP contribution in [0, 0.1) is 5.92 Å². The second-order valence-corrected chi connectivity index (χ2v) is 7.10. The van der Waals surface area contributed by atoms with Gasteiger partial charge in [0.25, 0.3) is 0 Å². The van der Waals surface area contributed by atoms with Crippen LogP contribution in [0.15, 0.2) is 18.6 Å². The van der Waals surface area contributed by atoms with Crippen LogP contribution in [0.5, 0.6) is 0 Å². The number of hydrogen-bond acceptors (Lipinski definition) is 5. The first-order chi connectivity index (χ1) is 12.1. The molecule has 0 atom stereocenters. The van der Waals surface area contributed by atoms with Gasteiger partial charge in [0.1, 0.15) is 11.4 Å². The molecule has 0 amide bonds. The van der Waals surface area contributed by atoms with E-state index >= 15 is 0 Å². The number of fused-ring (bicyclic) bond motifs is 1. The maximum absolute atomic E-state index is 11.8. The average Bonchev–Trinajstić information content (AvgIpc) is 3.33. The minimum absolute atomic E-state index is 0.360. The number of carboxylic acids is 1. The summed E-state index contributed by atoms with van der Waals surface area (Å²) in [5.74, 6) is 0.316. The Hall–Kier alpha value is -2.41. The van der Waals surface area contributed by atoms with Crippen LogP contribution in [0.3, 0.4) is 0 Å². The van der Waals surface area contributed by atoms with Gasteiger partial charge >= 0.3 is 5.97 Å². The van der Waals surface area contributed by atoms with Crippen molar-refractivity contribution >= 4 is 11.8 Å². The first-order valence-electron chi connectivity index (χ1n) is 8.78. The molecule has 3 heterocycles. The molecule has 2 aromatic rings. The van der Waals surface area contributed by atoms with E-state index in [1.54, 1.807) is 4.68 Å². The van der Waals surface area contributed by atoms with Crippen molar-refractivity contribution in [2.45, 2.75) is 32.4 Å². The van der Waals surface area contributed by atoms with Crippen LogP contribution in [0.1, 0.15) is 39.9 Å². The summed E-state index contributed by atoms with van der Waals surface area (Å²) < 4.78 is 1.80. The van der Waals surface area contributed by atoms with Crippen molar-refractivity contribution in [2.24, 2.45) is 13.0 Å². The van der Waals surface area contributed by atoms with E-state index in [1.165, 1.54) is 18.4 Å². The largest absolute Gasteiger partial charge is 0.478 e. The van der Waals surface area contributed by atoms with Crippen LogP contribution in [0.25, 0.3) is 0 Å². The third-order valence-corrected chi connectivity index (χ3v) is 4.98. The second kappa shape index (κ2) is 6.48. The van der Waals surface area contributed by atoms with Crippen LogP contribution < -0.4 is 5.32 Å². The molecule has 2 aromatic heterocycles. The molecule has 1 fully saturated rings. The molecule has 1 aliphatic heterocycles. The highest BCUT2D eigenvalue weighted by atomic mass is 16.4. The number of anilines is 1. The van der Waals surface area contributed by atoms with E-state index in [2.05, 4.69) is 20.3 Å². The predicted molar refractivity (Wildman–Crippen MR) is 93.4 cm³/mol. The standard InChI is InChI=1S/C18H23N5O2/c1-22-9-13(7-21-22)10-23-5-4-15-14(11-23)8-20-17(16(15)18(24)25)19-6-12-2-3-12/h7-9,12H,2-6,10-11H2,1H3,(H,19,20)(H,24,25). The van der Waals surface area contributed by atoms with Gasteiger partial charge in [-0.3, -0.25) is 9.58 Å². The molecular formula is C18H23N5O2. The average molecular weight is 341 g/mol. The Balaban J connectivity index is 1.53. The third kappa shape index (κ3) is 3.51. The van der Waals surface area contributed by atoms with E-state index in [0.29, 0.717) is 17.3 Å². The molecule has 7 heteroatoms. The molecule has 2 N–H and O–H groups in total. The van der Waals surface area contributed by atoms with E-state index in [1.807, 2.05) is 25.6 Å². The Morgan fingerprint density at radius 1 is 1.40 bits per heavy atom. The lowest BCUT2D eigenvalue weighted by Gasteiger charge is -2.29. The highest BCUT2D eigenvalue weighted by Crippen LogP contribution is 2.31. The second-order valence-electron chi connectivity index (χ2n) is 7.10. The summed E-state index contributed by atoms with van der Waals surface area (Å²) in [4.78, 5) is 18.6. The van der Waals surface area contributed by atoms with Crippen molar-refractivity contribution in [2.75, 3.05) is 18.4 Å². The van der Waals surface area contributed by atoms with Crippen molar-refractivity contribution in [3.63, 3.8) is 0 Å². The van der Waals surface area contributed by atoms with E-state index in [4.69, 9.17) is 0 Å². The Bertz CT molecular complexity index is 797. The number of aryl methyl sites for hydroxylation is 1. The van der Waals surface area contributed by atoms with Crippen LogP contribution in [0.4, 0.5) is 5.82 Å². The summed E-state index contributed by atoms with van der Waals surface area (Å²) in [5, 5.41) is 17.2. The van der Waals surface area contributed by atoms with Gasteiger partial charge in [-0.15, -0.1) is 0 Å². The van der Waals surface area contributed by atoms with Gasteiger partial charge in [-0.2, -0.15) is 5.10 Å². The van der Waals surface area contributed by atoms with Gasteiger partial charge in [-0.05, 0) is 36.3 Å². The molecule has 0 saturated heterocycles. The summed E-state index contributed by atoms with van der Waals surface area (Å²) in [5.41, 5.74) is 3.48. The van der Waals surface area contributed by atoms with Crippen molar-refractivity contribution < 1.29 is 9.90 Å². The Labute approximate surface area is 146 Å². The molecule has 1 saturated carbocycles. The Morgan fingerprint density at radius 2 is 2.24 bits per heavy atom. The zero-order chi connectivity index (χ0) is 17.4. The minimum Gasteiger partial charge on any atom is -0.478 e. The first kappa shape index (κ1) is 16.1. The molecule has 0 aromatic carbocycles. The summed E-state index contributed by atoms with van der Waals surface area (Å²) in [7, 11) is 1.91. The quantitative estimate of drug-likeness (QED) is 0.835. The van der Waals surface area contributed by atoms with Gasteiger partial charge in [-0.1, -0.05) is 0 Å². The van der Waals surface area contributed by atoms with E-state index in [0.717, 1.165) is 43.7 Å². The van der Waals surface area contributed by atoms with Crippen molar-refractivity contribution in [1.29, 1.82) is 0 Å². The van der Waals surface area contributed by atoms with Crippen LogP contribution in [-0.2, 0) is 26.6 Å². The lowest BCUT2D eigenvalue weighted by Crippen LogP contribution is -2.31. The summed E-state index contributed by atoms with van der Waals surface area (Å²) >= 11 is 0. The number of nitrogens with one attached hydrogen (secondary N) is 1. The number of carboxylic acid groups (broad SMARTS) is 1. The van der Waals surface area contributed by atoms with Crippen LogP contribution in [-0.4, -0.2) is 43.8 Å². The molecular weight excluding hydrogens is 318 g/mol. The monoisotopic (exact) mass is 341 g/mol. The van der Waals surface area contributed by atoms with E-state index in [9.17, 15) is 9.90 Å². The van der Waals surface area contributed by atoms with Gasteiger partial charge in [0, 0.05) is 51.2 Å². The SMILES string of the molecule is Cn1cc(CN2CCc3c(cnc(NCC4CC4)c3C(=O)O)C2)cn1. The number of carbonyl (C=O) groups is 1. The lowest BCUT2D eigenvalue weighted by molar-refractivity contribution is 0.0695. The van der Waals surface area contributed by atoms with Crippen LogP contribution >= 0.6 is 0 Å². The van der Waals surface area contributed by atoms with Crippen molar-refractivity contribution in [3.05, 3.63) is 40.8 Å². The van der Waals surface area contributed by atoms with Gasteiger partial charge in [-0.25, -0.2) is 9.78 Å². The number of aromatic carboxylic acids is 1. The molecule has 132 valence electrons. The summed E-state index contributed by atoms with van der Waals surface area (Å²) in [6.07, 6.45) is 8.92. The fraction of sp³-hybridized carbons (Fsp3) is 0.500. The highest BCUT2D eigenvalue weighted by Gasteiger charge is 2.27. The maximum Gasteiger partial charge on any atom is 0.339 e. The molecule has 7 nitrogen and oxygen atoms in total. The first-order valence-corrected chi connectivity index (χ1v) is 8.78. The number of aromatic nitrogens is 3. The Morgan fingerprint density at radius 3 is 2.92 bits per heavy atom. The predicted octanol–water partition coefficient (Wildman–Crippen LogP) is 1.89. The molecule has 0 spiro atoms. The van der Waals surface area contributed by atoms with Gasteiger partial charge < -0.3 is 10.4 Å². The molecule has 0 radical (unpaired) electrons. The molecule has 2 aliphatic rings. The van der Waals surface area contributed by atoms with Crippen LogP contribution in [0.2, 0.25) is 0 Å². The number of nitrogens with zero attached hydrogens (tertiary/aromatic N) is 4. The third-order valence-electron chi connectivity index (χ3n) is 4.98. The summed E-state index contributed by atoms with van der Waals surface area (Å²) in [6.45, 7) is 3.20. The van der Waals surface area contributed by atoms with Gasteiger partial charge in [0.15, 0.2) is 0 Å². The molecule has 1 aliphatic carbocycles. The minimum atomic E-state index is -0.886. The number of rotatable bonds is 6. The zero-order valence-corrected chi connectivity index (χ0v) is 14.4. The summed E-state index contributed by atoms with van der Waals surface area (Å²) in [6, 6.07) is 0. The zero-order valence-electron chi connectivity index (χ0n) is 14.4. The molecule has 0 bridgehead atoms. The number of pyridine rings is 1. The molecule has 25 heavy (non-hydrogen) atoms. The normalized spacial score (nSPS) is 17.3. The fourth-order valence-corrected chi connectivity index (χ4v) is 3.47. The van der Waals surface area contributed by atoms with E-state index in [-0.39, 0.29) is 0 Å². The number of hydrogen-bond donors (Lipinski definition) is 2. The van der Waals surface area contributed by atoms with Crippen molar-refractivity contribution in [3.8, 4) is 0 Å². The van der Waals surface area contributed by atoms with Crippen molar-refractivity contribution in [1.82, 2.24) is 19.7 Å². The molecule has 4 rings (SSSR count).